The van der Waals surface area contributed by atoms with Crippen LogP contribution in [-0.4, -0.2) is 14.1 Å². The molecule has 4 heteroatoms. The molecule has 3 nitrogen and oxygen atoms in total. The molecule has 0 saturated heterocycles. The molecule has 0 fully saturated rings. The molecule has 5 rings (SSSR count). The number of rotatable bonds is 1. The lowest BCUT2D eigenvalue weighted by Gasteiger charge is -2.20. The van der Waals surface area contributed by atoms with Gasteiger partial charge in [-0.3, -0.25) is 4.90 Å². The first-order chi connectivity index (χ1) is 11.7. The second kappa shape index (κ2) is 5.80. The number of nitrogens with one attached hydrogen (secondary N) is 1. The lowest BCUT2D eigenvalue weighted by Crippen LogP contribution is -3.04. The fraction of sp³-hybridized carbons (Fsp3) is 0.143. The normalized spacial score (nSPS) is 19.2. The molecule has 1 aliphatic heterocycles. The number of para-hydroxylation sites is 2. The van der Waals surface area contributed by atoms with E-state index in [2.05, 4.69) is 85.7 Å². The van der Waals surface area contributed by atoms with E-state index >= 15 is 0 Å². The summed E-state index contributed by atoms with van der Waals surface area (Å²) < 4.78 is 6.27. The molecular formula is C21H19ClN2O. The van der Waals surface area contributed by atoms with E-state index in [0.29, 0.717) is 0 Å². The van der Waals surface area contributed by atoms with Gasteiger partial charge >= 0.3 is 0 Å². The third-order valence-corrected chi connectivity index (χ3v) is 5.22. The zero-order chi connectivity index (χ0) is 16.3. The highest BCUT2D eigenvalue weighted by atomic mass is 35.5. The number of anilines is 1. The van der Waals surface area contributed by atoms with E-state index in [0.717, 1.165) is 11.3 Å². The molecule has 0 spiro atoms. The van der Waals surface area contributed by atoms with E-state index < -0.39 is 0 Å². The van der Waals surface area contributed by atoms with E-state index in [-0.39, 0.29) is 18.6 Å². The molecule has 0 radical (unpaired) electrons. The molecule has 1 N–H and O–H groups in total. The Morgan fingerprint density at radius 3 is 2.52 bits per heavy atom. The van der Waals surface area contributed by atoms with Gasteiger partial charge in [0.2, 0.25) is 6.17 Å². The van der Waals surface area contributed by atoms with Crippen LogP contribution in [0.2, 0.25) is 0 Å². The average molecular weight is 351 g/mol. The first-order valence-electron chi connectivity index (χ1n) is 8.31. The van der Waals surface area contributed by atoms with Crippen LogP contribution in [0.3, 0.4) is 0 Å². The number of halogens is 1. The highest BCUT2D eigenvalue weighted by molar-refractivity contribution is 6.05. The second-order valence-electron chi connectivity index (χ2n) is 6.56. The molecule has 3 aromatic carbocycles. The Hall–Kier alpha value is -2.49. The van der Waals surface area contributed by atoms with Gasteiger partial charge in [0, 0.05) is 18.5 Å². The molecule has 0 aliphatic carbocycles. The van der Waals surface area contributed by atoms with Crippen molar-refractivity contribution in [3.05, 3.63) is 72.5 Å². The number of benzene rings is 3. The summed E-state index contributed by atoms with van der Waals surface area (Å²) in [6, 6.07) is 23.5. The van der Waals surface area contributed by atoms with E-state index in [4.69, 9.17) is 4.42 Å². The number of furan rings is 1. The predicted octanol–water partition coefficient (Wildman–Crippen LogP) is 0.885. The Bertz CT molecular complexity index is 1040. The zero-order valence-corrected chi connectivity index (χ0v) is 14.9. The first-order valence-corrected chi connectivity index (χ1v) is 8.31. The maximum absolute atomic E-state index is 6.27. The minimum absolute atomic E-state index is 0. The van der Waals surface area contributed by atoms with Crippen LogP contribution in [0.15, 0.2) is 71.1 Å². The second-order valence-corrected chi connectivity index (χ2v) is 6.56. The van der Waals surface area contributed by atoms with Gasteiger partial charge in [0.1, 0.15) is 11.3 Å². The first kappa shape index (κ1) is 16.0. The van der Waals surface area contributed by atoms with Gasteiger partial charge < -0.3 is 21.7 Å². The standard InChI is InChI=1S/C21H18N2O.ClH/c1-22-17-9-5-6-10-18(17)23(2)21(22)20-13-16-15-8-4-3-7-14(15)11-12-19(16)24-20;/h3-13,21H,1-2H3;1H. The van der Waals surface area contributed by atoms with Crippen molar-refractivity contribution in [2.45, 2.75) is 6.17 Å². The van der Waals surface area contributed by atoms with Gasteiger partial charge in [0.15, 0.2) is 11.4 Å². The number of hydrogen-bond acceptors (Lipinski definition) is 2. The molecule has 4 aromatic rings. The van der Waals surface area contributed by atoms with Crippen LogP contribution in [0.1, 0.15) is 11.9 Å². The minimum Gasteiger partial charge on any atom is -1.00 e. The minimum atomic E-state index is 0. The SMILES string of the molecule is CN1c2ccccc2[NH+](C)C1c1cc2c(ccc3ccccc32)o1.[Cl-]. The highest BCUT2D eigenvalue weighted by Gasteiger charge is 2.39. The Balaban J connectivity index is 0.00000157. The molecule has 2 heterocycles. The summed E-state index contributed by atoms with van der Waals surface area (Å²) in [4.78, 5) is 3.65. The topological polar surface area (TPSA) is 20.8 Å². The lowest BCUT2D eigenvalue weighted by molar-refractivity contribution is -0.839. The van der Waals surface area contributed by atoms with Gasteiger partial charge in [-0.15, -0.1) is 0 Å². The summed E-state index contributed by atoms with van der Waals surface area (Å²) in [7, 11) is 4.35. The third-order valence-electron chi connectivity index (χ3n) is 5.22. The van der Waals surface area contributed by atoms with Crippen molar-refractivity contribution in [1.82, 2.24) is 0 Å². The van der Waals surface area contributed by atoms with Crippen LogP contribution in [0, 0.1) is 0 Å². The fourth-order valence-electron chi connectivity index (χ4n) is 4.04. The van der Waals surface area contributed by atoms with Crippen molar-refractivity contribution in [2.24, 2.45) is 0 Å². The van der Waals surface area contributed by atoms with Crippen LogP contribution in [-0.2, 0) is 0 Å². The summed E-state index contributed by atoms with van der Waals surface area (Å²) in [5, 5.41) is 3.70. The summed E-state index contributed by atoms with van der Waals surface area (Å²) in [5.74, 6) is 1.01. The number of hydrogen-bond donors (Lipinski definition) is 1. The van der Waals surface area contributed by atoms with Gasteiger partial charge in [-0.1, -0.05) is 42.5 Å². The van der Waals surface area contributed by atoms with E-state index in [9.17, 15) is 0 Å². The largest absolute Gasteiger partial charge is 1.00 e. The van der Waals surface area contributed by atoms with Gasteiger partial charge in [0.05, 0.1) is 7.05 Å². The number of quaternary nitrogens is 1. The quantitative estimate of drug-likeness (QED) is 0.550. The zero-order valence-electron chi connectivity index (χ0n) is 14.2. The molecule has 2 unspecified atom stereocenters. The van der Waals surface area contributed by atoms with Crippen molar-refractivity contribution < 1.29 is 21.7 Å². The van der Waals surface area contributed by atoms with Gasteiger partial charge in [-0.05, 0) is 29.0 Å². The van der Waals surface area contributed by atoms with E-state index in [1.54, 1.807) is 0 Å². The van der Waals surface area contributed by atoms with Crippen LogP contribution in [0.4, 0.5) is 11.4 Å². The van der Waals surface area contributed by atoms with Crippen LogP contribution < -0.4 is 22.2 Å². The van der Waals surface area contributed by atoms with Crippen LogP contribution in [0.5, 0.6) is 0 Å². The summed E-state index contributed by atoms with van der Waals surface area (Å²) in [6.07, 6.45) is 0.161. The maximum atomic E-state index is 6.27. The van der Waals surface area contributed by atoms with Crippen LogP contribution >= 0.6 is 0 Å². The molecule has 0 amide bonds. The monoisotopic (exact) mass is 350 g/mol. The Labute approximate surface area is 152 Å². The summed E-state index contributed by atoms with van der Waals surface area (Å²) >= 11 is 0. The van der Waals surface area contributed by atoms with Crippen molar-refractivity contribution >= 4 is 33.1 Å². The molecular weight excluding hydrogens is 332 g/mol. The molecule has 1 aromatic heterocycles. The van der Waals surface area contributed by atoms with E-state index in [1.807, 2.05) is 0 Å². The van der Waals surface area contributed by atoms with Gasteiger partial charge in [-0.25, -0.2) is 0 Å². The van der Waals surface area contributed by atoms with E-state index in [1.165, 1.54) is 32.4 Å². The molecule has 1 aliphatic rings. The number of fused-ring (bicyclic) bond motifs is 4. The smallest absolute Gasteiger partial charge is 0.227 e. The fourth-order valence-corrected chi connectivity index (χ4v) is 4.04. The maximum Gasteiger partial charge on any atom is 0.227 e. The van der Waals surface area contributed by atoms with Crippen molar-refractivity contribution in [3.63, 3.8) is 0 Å². The predicted molar refractivity (Wildman–Crippen MR) is 97.9 cm³/mol. The molecule has 126 valence electrons. The third kappa shape index (κ3) is 2.24. The Morgan fingerprint density at radius 2 is 1.68 bits per heavy atom. The summed E-state index contributed by atoms with van der Waals surface area (Å²) in [6.45, 7) is 0. The molecule has 0 bridgehead atoms. The average Bonchev–Trinajstić information content (AvgIpc) is 3.15. The highest BCUT2D eigenvalue weighted by Crippen LogP contribution is 2.36. The molecule has 2 atom stereocenters. The Kier molecular flexibility index (Phi) is 3.71. The lowest BCUT2D eigenvalue weighted by atomic mass is 10.1. The van der Waals surface area contributed by atoms with Crippen molar-refractivity contribution in [3.8, 4) is 0 Å². The molecule has 0 saturated carbocycles. The van der Waals surface area contributed by atoms with Crippen molar-refractivity contribution in [2.75, 3.05) is 19.0 Å². The Morgan fingerprint density at radius 1 is 0.920 bits per heavy atom. The number of nitrogens with zero attached hydrogens (tertiary/aromatic N) is 1. The van der Waals surface area contributed by atoms with Crippen LogP contribution in [0.25, 0.3) is 21.7 Å². The van der Waals surface area contributed by atoms with Gasteiger partial charge in [0.25, 0.3) is 0 Å². The van der Waals surface area contributed by atoms with Gasteiger partial charge in [-0.2, -0.15) is 0 Å². The molecule has 25 heavy (non-hydrogen) atoms. The van der Waals surface area contributed by atoms with Crippen molar-refractivity contribution in [1.29, 1.82) is 0 Å². The summed E-state index contributed by atoms with van der Waals surface area (Å²) in [5.41, 5.74) is 3.54.